The van der Waals surface area contributed by atoms with Gasteiger partial charge in [-0.1, -0.05) is 46.3 Å². The van der Waals surface area contributed by atoms with E-state index in [1.165, 1.54) is 5.41 Å². The lowest BCUT2D eigenvalue weighted by Crippen LogP contribution is -2.41. The molecule has 130 valence electrons. The number of hydrogen-bond acceptors (Lipinski definition) is 3. The Balaban J connectivity index is 1.82. The van der Waals surface area contributed by atoms with Crippen molar-refractivity contribution in [2.24, 2.45) is 0 Å². The van der Waals surface area contributed by atoms with Gasteiger partial charge in [-0.15, -0.1) is 0 Å². The van der Waals surface area contributed by atoms with Gasteiger partial charge in [0.2, 0.25) is 5.91 Å². The Kier molecular flexibility index (Phi) is 5.39. The van der Waals surface area contributed by atoms with Gasteiger partial charge >= 0.3 is 0 Å². The number of carbonyl (C=O) groups excluding carboxylic acids is 1. The molecule has 1 amide bonds. The number of amides is 1. The maximum atomic E-state index is 12.9. The maximum Gasteiger partial charge on any atom is 0.227 e. The van der Waals surface area contributed by atoms with Gasteiger partial charge in [0.15, 0.2) is 9.84 Å². The molecule has 1 aliphatic heterocycles. The molecule has 3 rings (SSSR count). The molecule has 0 aliphatic carbocycles. The van der Waals surface area contributed by atoms with Crippen molar-refractivity contribution in [2.75, 3.05) is 10.7 Å². The molecule has 25 heavy (non-hydrogen) atoms. The third-order valence-electron chi connectivity index (χ3n) is 4.09. The molecular weight excluding hydrogens is 402 g/mol. The van der Waals surface area contributed by atoms with Crippen LogP contribution in [-0.2, 0) is 21.1 Å². The van der Waals surface area contributed by atoms with Crippen molar-refractivity contribution in [3.63, 3.8) is 0 Å². The zero-order valence-electron chi connectivity index (χ0n) is 13.5. The van der Waals surface area contributed by atoms with Crippen molar-refractivity contribution in [1.29, 1.82) is 0 Å². The van der Waals surface area contributed by atoms with Crippen molar-refractivity contribution in [3.05, 3.63) is 76.1 Å². The molecular formula is C19H18BrNO3S. The van der Waals surface area contributed by atoms with Crippen LogP contribution in [0.1, 0.15) is 12.0 Å². The van der Waals surface area contributed by atoms with Crippen LogP contribution in [0.5, 0.6) is 0 Å². The average Bonchev–Trinajstić information content (AvgIpc) is 2.95. The number of carbonyl (C=O) groups is 1. The molecule has 2 aromatic rings. The van der Waals surface area contributed by atoms with Gasteiger partial charge in [-0.25, -0.2) is 8.42 Å². The Hall–Kier alpha value is -1.92. The Labute approximate surface area is 156 Å². The number of hydrogen-bond donors (Lipinski definition) is 0. The molecule has 4 nitrogen and oxygen atoms in total. The second-order valence-electron chi connectivity index (χ2n) is 5.95. The van der Waals surface area contributed by atoms with Crippen LogP contribution in [0.15, 0.2) is 70.6 Å². The lowest BCUT2D eigenvalue weighted by Gasteiger charge is -2.28. The Bertz CT molecular complexity index is 877. The second-order valence-corrected chi connectivity index (χ2v) is 8.80. The fraction of sp³-hybridized carbons (Fsp3) is 0.211. The summed E-state index contributed by atoms with van der Waals surface area (Å²) < 4.78 is 24.5. The summed E-state index contributed by atoms with van der Waals surface area (Å²) in [6, 6.07) is 16.7. The van der Waals surface area contributed by atoms with Crippen LogP contribution in [0.4, 0.5) is 5.69 Å². The van der Waals surface area contributed by atoms with Crippen LogP contribution in [0.25, 0.3) is 0 Å². The minimum Gasteiger partial charge on any atom is -0.304 e. The molecule has 0 spiro atoms. The van der Waals surface area contributed by atoms with E-state index in [0.29, 0.717) is 18.5 Å². The third-order valence-corrected chi connectivity index (χ3v) is 5.99. The smallest absolute Gasteiger partial charge is 0.227 e. The molecule has 1 heterocycles. The van der Waals surface area contributed by atoms with E-state index < -0.39 is 15.9 Å². The Morgan fingerprint density at radius 3 is 2.36 bits per heavy atom. The van der Waals surface area contributed by atoms with Crippen LogP contribution in [0.3, 0.4) is 0 Å². The van der Waals surface area contributed by atoms with E-state index in [4.69, 9.17) is 0 Å². The van der Waals surface area contributed by atoms with Gasteiger partial charge in [-0.05, 0) is 42.3 Å². The molecule has 6 heteroatoms. The van der Waals surface area contributed by atoms with E-state index in [-0.39, 0.29) is 11.7 Å². The minimum absolute atomic E-state index is 0.0693. The molecule has 0 N–H and O–H groups in total. The summed E-state index contributed by atoms with van der Waals surface area (Å²) in [7, 11) is -3.24. The molecule has 0 radical (unpaired) electrons. The first-order valence-corrected chi connectivity index (χ1v) is 10.5. The van der Waals surface area contributed by atoms with Crippen LogP contribution >= 0.6 is 15.9 Å². The summed E-state index contributed by atoms with van der Waals surface area (Å²) in [6.45, 7) is 0. The molecule has 1 atom stereocenters. The SMILES string of the molecule is O=C(CCc1ccccc1)N(c1ccc(Br)cc1)[C@@H]1C=CS(=O)(=O)C1. The number of aryl methyl sites for hydroxylation is 1. The van der Waals surface area contributed by atoms with Crippen molar-refractivity contribution < 1.29 is 13.2 Å². The zero-order valence-corrected chi connectivity index (χ0v) is 15.9. The standard InChI is InChI=1S/C19H18BrNO3S/c20-16-7-9-17(10-8-16)21(18-12-13-25(23,24)14-18)19(22)11-6-15-4-2-1-3-5-15/h1-5,7-10,12-13,18H,6,11,14H2/t18-/m1/s1. The molecule has 0 saturated carbocycles. The average molecular weight is 420 g/mol. The van der Waals surface area contributed by atoms with Crippen molar-refractivity contribution in [1.82, 2.24) is 0 Å². The number of sulfone groups is 1. The molecule has 1 aliphatic rings. The van der Waals surface area contributed by atoms with E-state index in [2.05, 4.69) is 15.9 Å². The lowest BCUT2D eigenvalue weighted by atomic mass is 10.1. The predicted octanol–water partition coefficient (Wildman–Crippen LogP) is 3.73. The first kappa shape index (κ1) is 17.9. The summed E-state index contributed by atoms with van der Waals surface area (Å²) >= 11 is 3.38. The summed E-state index contributed by atoms with van der Waals surface area (Å²) in [5, 5.41) is 1.20. The van der Waals surface area contributed by atoms with Gasteiger partial charge in [0.1, 0.15) is 0 Å². The van der Waals surface area contributed by atoms with Gasteiger partial charge in [-0.2, -0.15) is 0 Å². The van der Waals surface area contributed by atoms with Gasteiger partial charge in [0.25, 0.3) is 0 Å². The number of anilines is 1. The monoisotopic (exact) mass is 419 g/mol. The number of nitrogens with zero attached hydrogens (tertiary/aromatic N) is 1. The summed E-state index contributed by atoms with van der Waals surface area (Å²) in [6.07, 6.45) is 2.54. The van der Waals surface area contributed by atoms with E-state index in [9.17, 15) is 13.2 Å². The molecule has 0 aromatic heterocycles. The highest BCUT2D eigenvalue weighted by Gasteiger charge is 2.31. The summed E-state index contributed by atoms with van der Waals surface area (Å²) in [5.74, 6) is -0.155. The van der Waals surface area contributed by atoms with E-state index >= 15 is 0 Å². The fourth-order valence-corrected chi connectivity index (χ4v) is 4.39. The van der Waals surface area contributed by atoms with Crippen molar-refractivity contribution in [2.45, 2.75) is 18.9 Å². The highest BCUT2D eigenvalue weighted by atomic mass is 79.9. The molecule has 0 unspecified atom stereocenters. The van der Waals surface area contributed by atoms with Gasteiger partial charge in [0.05, 0.1) is 11.8 Å². The van der Waals surface area contributed by atoms with Crippen molar-refractivity contribution >= 4 is 37.4 Å². The number of rotatable bonds is 5. The van der Waals surface area contributed by atoms with E-state index in [1.807, 2.05) is 54.6 Å². The molecule has 0 bridgehead atoms. The largest absolute Gasteiger partial charge is 0.304 e. The van der Waals surface area contributed by atoms with E-state index in [0.717, 1.165) is 10.0 Å². The quantitative estimate of drug-likeness (QED) is 0.741. The van der Waals surface area contributed by atoms with Crippen LogP contribution in [0, 0.1) is 0 Å². The number of halogens is 1. The fourth-order valence-electron chi connectivity index (χ4n) is 2.86. The normalized spacial score (nSPS) is 18.2. The van der Waals surface area contributed by atoms with E-state index in [1.54, 1.807) is 11.0 Å². The minimum atomic E-state index is -3.24. The summed E-state index contributed by atoms with van der Waals surface area (Å²) in [5.41, 5.74) is 1.79. The van der Waals surface area contributed by atoms with Crippen LogP contribution in [0.2, 0.25) is 0 Å². The third kappa shape index (κ3) is 4.58. The topological polar surface area (TPSA) is 54.5 Å². The Morgan fingerprint density at radius 2 is 1.76 bits per heavy atom. The number of benzene rings is 2. The van der Waals surface area contributed by atoms with Crippen LogP contribution < -0.4 is 4.90 Å². The molecule has 0 saturated heterocycles. The molecule has 0 fully saturated rings. The first-order valence-electron chi connectivity index (χ1n) is 7.97. The lowest BCUT2D eigenvalue weighted by molar-refractivity contribution is -0.118. The highest BCUT2D eigenvalue weighted by Crippen LogP contribution is 2.25. The zero-order chi connectivity index (χ0) is 17.9. The van der Waals surface area contributed by atoms with Crippen LogP contribution in [-0.4, -0.2) is 26.1 Å². The highest BCUT2D eigenvalue weighted by molar-refractivity contribution is 9.10. The predicted molar refractivity (Wildman–Crippen MR) is 103 cm³/mol. The Morgan fingerprint density at radius 1 is 1.08 bits per heavy atom. The first-order chi connectivity index (χ1) is 11.9. The van der Waals surface area contributed by atoms with Gasteiger partial charge in [0, 0.05) is 22.0 Å². The van der Waals surface area contributed by atoms with Gasteiger partial charge in [-0.3, -0.25) is 4.79 Å². The molecule has 2 aromatic carbocycles. The maximum absolute atomic E-state index is 12.9. The van der Waals surface area contributed by atoms with Gasteiger partial charge < -0.3 is 4.90 Å². The second kappa shape index (κ2) is 7.54. The van der Waals surface area contributed by atoms with Crippen molar-refractivity contribution in [3.8, 4) is 0 Å². The summed E-state index contributed by atoms with van der Waals surface area (Å²) in [4.78, 5) is 14.5.